The molecule has 0 bridgehead atoms. The van der Waals surface area contributed by atoms with Gasteiger partial charge < -0.3 is 0 Å². The third kappa shape index (κ3) is 4.39. The van der Waals surface area contributed by atoms with Crippen LogP contribution in [0.4, 0.5) is 10.1 Å². The molecule has 25 heavy (non-hydrogen) atoms. The fraction of sp³-hybridized carbons (Fsp3) is 0.136. The molecule has 3 rings (SSSR count). The van der Waals surface area contributed by atoms with Gasteiger partial charge in [-0.2, -0.15) is 4.99 Å². The van der Waals surface area contributed by atoms with Gasteiger partial charge in [0.05, 0.1) is 16.4 Å². The number of isothiocyanates is 1. The first kappa shape index (κ1) is 17.0. The second-order valence-electron chi connectivity index (χ2n) is 5.87. The molecule has 0 atom stereocenters. The molecule has 0 N–H and O–H groups in total. The van der Waals surface area contributed by atoms with E-state index in [0.29, 0.717) is 5.56 Å². The maximum Gasteiger partial charge on any atom is 0.139 e. The van der Waals surface area contributed by atoms with Crippen LogP contribution < -0.4 is 0 Å². The van der Waals surface area contributed by atoms with E-state index in [1.165, 1.54) is 11.6 Å². The first-order valence-corrected chi connectivity index (χ1v) is 8.43. The Morgan fingerprint density at radius 1 is 1.00 bits per heavy atom. The van der Waals surface area contributed by atoms with Gasteiger partial charge in [-0.1, -0.05) is 42.2 Å². The van der Waals surface area contributed by atoms with Crippen LogP contribution >= 0.6 is 12.2 Å². The molecule has 0 amide bonds. The van der Waals surface area contributed by atoms with Gasteiger partial charge in [-0.3, -0.25) is 0 Å². The van der Waals surface area contributed by atoms with E-state index in [2.05, 4.69) is 40.3 Å². The zero-order valence-corrected chi connectivity index (χ0v) is 14.7. The summed E-state index contributed by atoms with van der Waals surface area (Å²) in [7, 11) is 0. The number of thiocarbonyl (C=S) groups is 1. The SMILES string of the molecule is Cc1ccc(C#CC2=CC=C(c3ccc(N=C=S)cc3)CC2)c(F)c1. The van der Waals surface area contributed by atoms with Crippen molar-refractivity contribution in [1.29, 1.82) is 0 Å². The predicted molar refractivity (Wildman–Crippen MR) is 104 cm³/mol. The lowest BCUT2D eigenvalue weighted by Gasteiger charge is -2.12. The molecule has 2 aromatic carbocycles. The number of benzene rings is 2. The van der Waals surface area contributed by atoms with Crippen molar-refractivity contribution in [3.63, 3.8) is 0 Å². The topological polar surface area (TPSA) is 12.4 Å². The minimum Gasteiger partial charge on any atom is -0.206 e. The van der Waals surface area contributed by atoms with Gasteiger partial charge in [0.15, 0.2) is 0 Å². The van der Waals surface area contributed by atoms with Crippen LogP contribution in [-0.2, 0) is 0 Å². The van der Waals surface area contributed by atoms with Crippen molar-refractivity contribution >= 4 is 28.6 Å². The van der Waals surface area contributed by atoms with Crippen LogP contribution in [0.15, 0.2) is 65.2 Å². The quantitative estimate of drug-likeness (QED) is 0.368. The summed E-state index contributed by atoms with van der Waals surface area (Å²) in [6.45, 7) is 1.87. The van der Waals surface area contributed by atoms with Gasteiger partial charge in [0.1, 0.15) is 5.82 Å². The first-order valence-electron chi connectivity index (χ1n) is 8.02. The maximum absolute atomic E-state index is 13.8. The normalized spacial score (nSPS) is 13.0. The number of nitrogens with zero attached hydrogens (tertiary/aromatic N) is 1. The molecule has 0 fully saturated rings. The second-order valence-corrected chi connectivity index (χ2v) is 6.05. The van der Waals surface area contributed by atoms with E-state index in [1.54, 1.807) is 6.07 Å². The van der Waals surface area contributed by atoms with Crippen molar-refractivity contribution in [2.24, 2.45) is 4.99 Å². The molecular formula is C22H16FNS. The Kier molecular flexibility index (Phi) is 5.36. The Labute approximate surface area is 152 Å². The van der Waals surface area contributed by atoms with Crippen LogP contribution in [0.1, 0.15) is 29.5 Å². The van der Waals surface area contributed by atoms with Gasteiger partial charge in [0.2, 0.25) is 0 Å². The standard InChI is InChI=1S/C22H16FNS/c1-16-2-6-20(22(23)14-16)9-5-17-3-7-18(8-4-17)19-10-12-21(13-11-19)24-15-25/h2-3,6-7,10-14H,4,8H2,1H3. The lowest BCUT2D eigenvalue weighted by Crippen LogP contribution is -1.92. The first-order chi connectivity index (χ1) is 12.2. The molecule has 0 saturated heterocycles. The molecule has 0 unspecified atom stereocenters. The minimum atomic E-state index is -0.265. The van der Waals surface area contributed by atoms with Crippen molar-refractivity contribution < 1.29 is 4.39 Å². The number of rotatable bonds is 2. The summed E-state index contributed by atoms with van der Waals surface area (Å²) in [5.41, 5.74) is 5.58. The smallest absolute Gasteiger partial charge is 0.139 e. The molecule has 2 aromatic rings. The van der Waals surface area contributed by atoms with Crippen LogP contribution in [0.3, 0.4) is 0 Å². The number of aliphatic imine (C=N–C) groups is 1. The fourth-order valence-corrected chi connectivity index (χ4v) is 2.76. The van der Waals surface area contributed by atoms with E-state index in [4.69, 9.17) is 0 Å². The van der Waals surface area contributed by atoms with Crippen LogP contribution in [0, 0.1) is 24.6 Å². The van der Waals surface area contributed by atoms with Gasteiger partial charge >= 0.3 is 0 Å². The molecule has 0 spiro atoms. The Bertz CT molecular complexity index is 965. The summed E-state index contributed by atoms with van der Waals surface area (Å²) in [5.74, 6) is 5.76. The fourth-order valence-electron chi connectivity index (χ4n) is 2.65. The average molecular weight is 345 g/mol. The monoisotopic (exact) mass is 345 g/mol. The van der Waals surface area contributed by atoms with E-state index < -0.39 is 0 Å². The van der Waals surface area contributed by atoms with Crippen LogP contribution in [0.2, 0.25) is 0 Å². The molecule has 0 radical (unpaired) electrons. The number of hydrogen-bond acceptors (Lipinski definition) is 2. The molecule has 0 heterocycles. The lowest BCUT2D eigenvalue weighted by molar-refractivity contribution is 0.623. The Balaban J connectivity index is 1.77. The lowest BCUT2D eigenvalue weighted by atomic mass is 9.93. The number of aryl methyl sites for hydroxylation is 1. The molecule has 0 aliphatic heterocycles. The Morgan fingerprint density at radius 2 is 1.80 bits per heavy atom. The van der Waals surface area contributed by atoms with Gasteiger partial charge in [0.25, 0.3) is 0 Å². The van der Waals surface area contributed by atoms with Gasteiger partial charge in [-0.05, 0) is 72.9 Å². The molecule has 1 aliphatic rings. The molecular weight excluding hydrogens is 329 g/mol. The molecule has 122 valence electrons. The summed E-state index contributed by atoms with van der Waals surface area (Å²) in [5, 5.41) is 2.37. The number of allylic oxidation sites excluding steroid dienone is 4. The molecule has 0 aromatic heterocycles. The molecule has 0 saturated carbocycles. The Hall–Kier alpha value is -2.79. The largest absolute Gasteiger partial charge is 0.206 e. The highest BCUT2D eigenvalue weighted by Gasteiger charge is 2.07. The van der Waals surface area contributed by atoms with E-state index in [-0.39, 0.29) is 5.82 Å². The second kappa shape index (κ2) is 7.85. The van der Waals surface area contributed by atoms with Crippen molar-refractivity contribution in [3.8, 4) is 11.8 Å². The predicted octanol–water partition coefficient (Wildman–Crippen LogP) is 6.02. The maximum atomic E-state index is 13.8. The molecule has 1 aliphatic carbocycles. The van der Waals surface area contributed by atoms with Gasteiger partial charge in [0, 0.05) is 5.57 Å². The third-order valence-electron chi connectivity index (χ3n) is 4.04. The summed E-state index contributed by atoms with van der Waals surface area (Å²) in [6.07, 6.45) is 5.86. The number of hydrogen-bond donors (Lipinski definition) is 0. The van der Waals surface area contributed by atoms with Crippen molar-refractivity contribution in [2.45, 2.75) is 19.8 Å². The van der Waals surface area contributed by atoms with E-state index in [9.17, 15) is 4.39 Å². The summed E-state index contributed by atoms with van der Waals surface area (Å²) >= 11 is 4.61. The highest BCUT2D eigenvalue weighted by Crippen LogP contribution is 2.27. The van der Waals surface area contributed by atoms with Crippen LogP contribution in [0.5, 0.6) is 0 Å². The number of halogens is 1. The summed E-state index contributed by atoms with van der Waals surface area (Å²) in [6, 6.07) is 13.0. The molecule has 3 heteroatoms. The van der Waals surface area contributed by atoms with Gasteiger partial charge in [-0.25, -0.2) is 4.39 Å². The summed E-state index contributed by atoms with van der Waals surface area (Å²) in [4.78, 5) is 3.96. The van der Waals surface area contributed by atoms with E-state index >= 15 is 0 Å². The molecule has 1 nitrogen and oxygen atoms in total. The van der Waals surface area contributed by atoms with Crippen molar-refractivity contribution in [1.82, 2.24) is 0 Å². The van der Waals surface area contributed by atoms with E-state index in [0.717, 1.165) is 35.2 Å². The average Bonchev–Trinajstić information content (AvgIpc) is 2.62. The summed E-state index contributed by atoms with van der Waals surface area (Å²) < 4.78 is 13.8. The van der Waals surface area contributed by atoms with Gasteiger partial charge in [-0.15, -0.1) is 0 Å². The van der Waals surface area contributed by atoms with E-state index in [1.807, 2.05) is 43.3 Å². The van der Waals surface area contributed by atoms with Crippen molar-refractivity contribution in [2.75, 3.05) is 0 Å². The highest BCUT2D eigenvalue weighted by molar-refractivity contribution is 7.78. The van der Waals surface area contributed by atoms with Crippen LogP contribution in [-0.4, -0.2) is 5.16 Å². The Morgan fingerprint density at radius 3 is 2.44 bits per heavy atom. The zero-order valence-electron chi connectivity index (χ0n) is 13.8. The third-order valence-corrected chi connectivity index (χ3v) is 4.14. The van der Waals surface area contributed by atoms with Crippen molar-refractivity contribution in [3.05, 3.63) is 82.7 Å². The minimum absolute atomic E-state index is 0.265. The zero-order chi connectivity index (χ0) is 17.6. The highest BCUT2D eigenvalue weighted by atomic mass is 32.1. The van der Waals surface area contributed by atoms with Crippen LogP contribution in [0.25, 0.3) is 5.57 Å².